The molecule has 2 rings (SSSR count). The fourth-order valence-corrected chi connectivity index (χ4v) is 1.51. The lowest BCUT2D eigenvalue weighted by Crippen LogP contribution is -2.05. The molecule has 0 amide bonds. The van der Waals surface area contributed by atoms with Crippen LogP contribution in [-0.4, -0.2) is 4.98 Å². The van der Waals surface area contributed by atoms with Crippen LogP contribution in [0.25, 0.3) is 11.5 Å². The number of hydrogen-bond donors (Lipinski definition) is 0. The third kappa shape index (κ3) is 2.33. The maximum absolute atomic E-state index is 12.6. The number of oxazole rings is 1. The highest BCUT2D eigenvalue weighted by molar-refractivity contribution is 5.60. The Hall–Kier alpha value is -1.78. The van der Waals surface area contributed by atoms with Crippen LogP contribution in [0.5, 0.6) is 0 Å². The van der Waals surface area contributed by atoms with Crippen LogP contribution >= 0.6 is 0 Å². The summed E-state index contributed by atoms with van der Waals surface area (Å²) in [6.45, 7) is 3.41. The van der Waals surface area contributed by atoms with Crippen molar-refractivity contribution in [3.05, 3.63) is 41.3 Å². The number of rotatable bonds is 1. The minimum absolute atomic E-state index is 0.214. The first kappa shape index (κ1) is 11.7. The predicted octanol–water partition coefficient (Wildman–Crippen LogP) is 3.98. The molecule has 1 heterocycles. The van der Waals surface area contributed by atoms with E-state index >= 15 is 0 Å². The minimum atomic E-state index is -4.36. The zero-order valence-corrected chi connectivity index (χ0v) is 9.30. The lowest BCUT2D eigenvalue weighted by molar-refractivity contribution is -0.137. The lowest BCUT2D eigenvalue weighted by Gasteiger charge is -2.09. The van der Waals surface area contributed by atoms with Gasteiger partial charge in [-0.05, 0) is 31.5 Å². The minimum Gasteiger partial charge on any atom is -0.441 e. The Morgan fingerprint density at radius 1 is 1.18 bits per heavy atom. The Labute approximate surface area is 96.1 Å². The second-order valence-corrected chi connectivity index (χ2v) is 3.80. The average molecular weight is 241 g/mol. The van der Waals surface area contributed by atoms with E-state index in [1.54, 1.807) is 13.8 Å². The summed E-state index contributed by atoms with van der Waals surface area (Å²) >= 11 is 0. The van der Waals surface area contributed by atoms with E-state index in [2.05, 4.69) is 4.98 Å². The number of benzene rings is 1. The second kappa shape index (κ2) is 3.91. The van der Waals surface area contributed by atoms with Crippen LogP contribution in [0, 0.1) is 13.8 Å². The Morgan fingerprint density at radius 2 is 1.88 bits per heavy atom. The highest BCUT2D eigenvalue weighted by Crippen LogP contribution is 2.33. The van der Waals surface area contributed by atoms with Gasteiger partial charge in [-0.1, -0.05) is 6.07 Å². The fourth-order valence-electron chi connectivity index (χ4n) is 1.51. The Morgan fingerprint density at radius 3 is 2.41 bits per heavy atom. The first-order chi connectivity index (χ1) is 7.88. The Bertz CT molecular complexity index is 543. The van der Waals surface area contributed by atoms with Crippen LogP contribution in [0.1, 0.15) is 16.9 Å². The summed E-state index contributed by atoms with van der Waals surface area (Å²) in [4.78, 5) is 3.94. The van der Waals surface area contributed by atoms with Crippen molar-refractivity contribution in [1.82, 2.24) is 4.98 Å². The van der Waals surface area contributed by atoms with Crippen LogP contribution in [0.15, 0.2) is 28.8 Å². The number of aromatic nitrogens is 1. The Kier molecular flexibility index (Phi) is 2.69. The average Bonchev–Trinajstić information content (AvgIpc) is 2.63. The maximum atomic E-state index is 12.6. The number of aryl methyl sites for hydroxylation is 2. The molecule has 0 unspecified atom stereocenters. The summed E-state index contributed by atoms with van der Waals surface area (Å²) < 4.78 is 42.9. The van der Waals surface area contributed by atoms with Gasteiger partial charge in [-0.15, -0.1) is 0 Å². The van der Waals surface area contributed by atoms with Gasteiger partial charge in [0.2, 0.25) is 5.89 Å². The van der Waals surface area contributed by atoms with Crippen molar-refractivity contribution in [3.8, 4) is 11.5 Å². The quantitative estimate of drug-likeness (QED) is 0.754. The predicted molar refractivity (Wildman–Crippen MR) is 56.4 cm³/mol. The second-order valence-electron chi connectivity index (χ2n) is 3.80. The molecule has 17 heavy (non-hydrogen) atoms. The topological polar surface area (TPSA) is 26.0 Å². The molecule has 1 aromatic heterocycles. The normalized spacial score (nSPS) is 11.8. The smallest absolute Gasteiger partial charge is 0.416 e. The summed E-state index contributed by atoms with van der Waals surface area (Å²) in [5.74, 6) is 0.780. The van der Waals surface area contributed by atoms with E-state index in [1.807, 2.05) is 0 Å². The zero-order valence-electron chi connectivity index (χ0n) is 9.30. The van der Waals surface area contributed by atoms with E-state index in [0.717, 1.165) is 12.1 Å². The molecule has 0 saturated carbocycles. The van der Waals surface area contributed by atoms with Crippen LogP contribution in [0.3, 0.4) is 0 Å². The molecule has 0 bridgehead atoms. The molecule has 0 saturated heterocycles. The largest absolute Gasteiger partial charge is 0.441 e. The van der Waals surface area contributed by atoms with Gasteiger partial charge in [-0.3, -0.25) is 0 Å². The lowest BCUT2D eigenvalue weighted by atomic mass is 10.0. The summed E-state index contributed by atoms with van der Waals surface area (Å²) in [5.41, 5.74) is 0.363. The molecule has 0 aliphatic rings. The van der Waals surface area contributed by atoms with Gasteiger partial charge in [-0.25, -0.2) is 4.98 Å². The highest BCUT2D eigenvalue weighted by atomic mass is 19.4. The number of halogens is 3. The zero-order chi connectivity index (χ0) is 12.6. The fraction of sp³-hybridized carbons (Fsp3) is 0.250. The van der Waals surface area contributed by atoms with Crippen molar-refractivity contribution >= 4 is 0 Å². The van der Waals surface area contributed by atoms with E-state index in [4.69, 9.17) is 4.42 Å². The molecule has 0 radical (unpaired) electrons. The standard InChI is InChI=1S/C12H10F3NO/c1-7-3-4-9(12(13,14)15)5-10(7)11-16-6-8(2)17-11/h3-6H,1-2H3. The third-order valence-corrected chi connectivity index (χ3v) is 2.42. The monoisotopic (exact) mass is 241 g/mol. The molecule has 2 nitrogen and oxygen atoms in total. The molecular weight excluding hydrogens is 231 g/mol. The van der Waals surface area contributed by atoms with Gasteiger partial charge >= 0.3 is 6.18 Å². The molecule has 2 aromatic rings. The molecule has 1 aromatic carbocycles. The van der Waals surface area contributed by atoms with E-state index in [-0.39, 0.29) is 5.89 Å². The molecule has 0 aliphatic heterocycles. The van der Waals surface area contributed by atoms with Gasteiger partial charge in [0.1, 0.15) is 5.76 Å². The highest BCUT2D eigenvalue weighted by Gasteiger charge is 2.31. The number of nitrogens with zero attached hydrogens (tertiary/aromatic N) is 1. The first-order valence-corrected chi connectivity index (χ1v) is 4.98. The van der Waals surface area contributed by atoms with Gasteiger partial charge in [0.05, 0.1) is 11.8 Å². The van der Waals surface area contributed by atoms with Crippen molar-refractivity contribution < 1.29 is 17.6 Å². The van der Waals surface area contributed by atoms with Crippen molar-refractivity contribution in [1.29, 1.82) is 0 Å². The SMILES string of the molecule is Cc1cnc(-c2cc(C(F)(F)F)ccc2C)o1. The van der Waals surface area contributed by atoms with Crippen LogP contribution < -0.4 is 0 Å². The molecular formula is C12H10F3NO. The van der Waals surface area contributed by atoms with Gasteiger partial charge in [0.25, 0.3) is 0 Å². The molecule has 0 N–H and O–H groups in total. The molecule has 0 atom stereocenters. The van der Waals surface area contributed by atoms with Crippen LogP contribution in [-0.2, 0) is 6.18 Å². The van der Waals surface area contributed by atoms with Crippen molar-refractivity contribution in [3.63, 3.8) is 0 Å². The van der Waals surface area contributed by atoms with Gasteiger partial charge in [-0.2, -0.15) is 13.2 Å². The summed E-state index contributed by atoms with van der Waals surface area (Å²) in [7, 11) is 0. The van der Waals surface area contributed by atoms with Crippen molar-refractivity contribution in [2.45, 2.75) is 20.0 Å². The molecule has 0 spiro atoms. The maximum Gasteiger partial charge on any atom is 0.416 e. The van der Waals surface area contributed by atoms with Crippen LogP contribution in [0.2, 0.25) is 0 Å². The molecule has 0 aliphatic carbocycles. The first-order valence-electron chi connectivity index (χ1n) is 4.98. The van der Waals surface area contributed by atoms with E-state index in [0.29, 0.717) is 16.9 Å². The van der Waals surface area contributed by atoms with Gasteiger partial charge < -0.3 is 4.42 Å². The molecule has 5 heteroatoms. The third-order valence-electron chi connectivity index (χ3n) is 2.42. The summed E-state index contributed by atoms with van der Waals surface area (Å²) in [5, 5.41) is 0. The van der Waals surface area contributed by atoms with Gasteiger partial charge in [0, 0.05) is 5.56 Å². The van der Waals surface area contributed by atoms with E-state index in [9.17, 15) is 13.2 Å². The van der Waals surface area contributed by atoms with Crippen molar-refractivity contribution in [2.75, 3.05) is 0 Å². The summed E-state index contributed by atoms with van der Waals surface area (Å²) in [6, 6.07) is 3.52. The van der Waals surface area contributed by atoms with E-state index < -0.39 is 11.7 Å². The van der Waals surface area contributed by atoms with Crippen molar-refractivity contribution in [2.24, 2.45) is 0 Å². The van der Waals surface area contributed by atoms with Gasteiger partial charge in [0.15, 0.2) is 0 Å². The summed E-state index contributed by atoms with van der Waals surface area (Å²) in [6.07, 6.45) is -2.88. The number of hydrogen-bond acceptors (Lipinski definition) is 2. The molecule has 0 fully saturated rings. The molecule has 90 valence electrons. The van der Waals surface area contributed by atoms with E-state index in [1.165, 1.54) is 12.3 Å². The van der Waals surface area contributed by atoms with Crippen LogP contribution in [0.4, 0.5) is 13.2 Å². The Balaban J connectivity index is 2.54. The number of alkyl halides is 3.